The van der Waals surface area contributed by atoms with Crippen molar-refractivity contribution in [1.29, 1.82) is 0 Å². The summed E-state index contributed by atoms with van der Waals surface area (Å²) in [5.74, 6) is 1.91. The number of piperazine rings is 1. The summed E-state index contributed by atoms with van der Waals surface area (Å²) >= 11 is 0. The first-order valence-electron chi connectivity index (χ1n) is 7.33. The number of fused-ring (bicyclic) bond motifs is 1. The molecule has 0 saturated carbocycles. The molecular weight excluding hydrogens is 266 g/mol. The number of pyridine rings is 1. The number of aliphatic hydroxyl groups is 1. The monoisotopic (exact) mass is 287 g/mol. The largest absolute Gasteiger partial charge is 0.497 e. The van der Waals surface area contributed by atoms with Crippen LogP contribution in [-0.4, -0.2) is 61.4 Å². The van der Waals surface area contributed by atoms with E-state index >= 15 is 0 Å². The Morgan fingerprint density at radius 1 is 1.19 bits per heavy atom. The summed E-state index contributed by atoms with van der Waals surface area (Å²) in [6, 6.07) is 8.12. The first-order valence-corrected chi connectivity index (χ1v) is 7.33. The topological polar surface area (TPSA) is 48.8 Å². The summed E-state index contributed by atoms with van der Waals surface area (Å²) in [4.78, 5) is 9.18. The average molecular weight is 287 g/mol. The van der Waals surface area contributed by atoms with Gasteiger partial charge in [0, 0.05) is 44.3 Å². The van der Waals surface area contributed by atoms with Crippen LogP contribution in [0.25, 0.3) is 10.8 Å². The molecule has 1 N–H and O–H groups in total. The van der Waals surface area contributed by atoms with Crippen LogP contribution in [0.1, 0.15) is 0 Å². The van der Waals surface area contributed by atoms with E-state index < -0.39 is 0 Å². The van der Waals surface area contributed by atoms with Crippen molar-refractivity contribution >= 4 is 16.6 Å². The fraction of sp³-hybridized carbons (Fsp3) is 0.438. The van der Waals surface area contributed by atoms with Crippen LogP contribution < -0.4 is 9.64 Å². The summed E-state index contributed by atoms with van der Waals surface area (Å²) in [6.07, 6.45) is 1.86. The highest BCUT2D eigenvalue weighted by atomic mass is 16.5. The molecule has 5 heteroatoms. The Hall–Kier alpha value is -1.85. The summed E-state index contributed by atoms with van der Waals surface area (Å²) in [7, 11) is 1.68. The third-order valence-corrected chi connectivity index (χ3v) is 4.04. The van der Waals surface area contributed by atoms with E-state index in [4.69, 9.17) is 9.84 Å². The molecule has 1 aliphatic heterocycles. The quantitative estimate of drug-likeness (QED) is 0.920. The Morgan fingerprint density at radius 3 is 2.71 bits per heavy atom. The van der Waals surface area contributed by atoms with E-state index in [9.17, 15) is 0 Å². The van der Waals surface area contributed by atoms with Gasteiger partial charge in [0.2, 0.25) is 0 Å². The minimum Gasteiger partial charge on any atom is -0.497 e. The fourth-order valence-corrected chi connectivity index (χ4v) is 2.84. The standard InChI is InChI=1S/C16H21N3O2/c1-21-14-2-3-15-13(12-14)4-5-17-16(15)19-8-6-18(7-9-19)10-11-20/h2-5,12,20H,6-11H2,1H3. The molecule has 1 fully saturated rings. The lowest BCUT2D eigenvalue weighted by molar-refractivity contribution is 0.188. The molecule has 2 heterocycles. The number of rotatable bonds is 4. The Kier molecular flexibility index (Phi) is 4.22. The van der Waals surface area contributed by atoms with E-state index in [-0.39, 0.29) is 6.61 Å². The molecule has 2 aromatic rings. The van der Waals surface area contributed by atoms with Crippen molar-refractivity contribution in [3.05, 3.63) is 30.5 Å². The summed E-state index contributed by atoms with van der Waals surface area (Å²) in [5, 5.41) is 11.3. The van der Waals surface area contributed by atoms with Gasteiger partial charge in [-0.05, 0) is 29.7 Å². The summed E-state index contributed by atoms with van der Waals surface area (Å²) in [6.45, 7) is 4.81. The number of benzene rings is 1. The zero-order valence-electron chi connectivity index (χ0n) is 12.3. The molecule has 0 aliphatic carbocycles. The summed E-state index contributed by atoms with van der Waals surface area (Å²) in [5.41, 5.74) is 0. The highest BCUT2D eigenvalue weighted by Gasteiger charge is 2.19. The van der Waals surface area contributed by atoms with E-state index in [1.807, 2.05) is 24.4 Å². The van der Waals surface area contributed by atoms with E-state index in [2.05, 4.69) is 20.9 Å². The zero-order chi connectivity index (χ0) is 14.7. The number of hydrogen-bond donors (Lipinski definition) is 1. The Labute approximate surface area is 124 Å². The first-order chi connectivity index (χ1) is 10.3. The number of aromatic nitrogens is 1. The van der Waals surface area contributed by atoms with Gasteiger partial charge in [0.15, 0.2) is 0 Å². The SMILES string of the molecule is COc1ccc2c(N3CCN(CCO)CC3)nccc2c1. The van der Waals surface area contributed by atoms with Crippen LogP contribution in [0.5, 0.6) is 5.75 Å². The normalized spacial score (nSPS) is 16.4. The Balaban J connectivity index is 1.84. The minimum absolute atomic E-state index is 0.228. The molecule has 1 aromatic carbocycles. The Morgan fingerprint density at radius 2 is 2.00 bits per heavy atom. The van der Waals surface area contributed by atoms with Crippen LogP contribution in [-0.2, 0) is 0 Å². The second-order valence-corrected chi connectivity index (χ2v) is 5.27. The zero-order valence-corrected chi connectivity index (χ0v) is 12.3. The van der Waals surface area contributed by atoms with Crippen LogP contribution >= 0.6 is 0 Å². The van der Waals surface area contributed by atoms with Gasteiger partial charge < -0.3 is 14.7 Å². The smallest absolute Gasteiger partial charge is 0.136 e. The van der Waals surface area contributed by atoms with Gasteiger partial charge in [-0.1, -0.05) is 0 Å². The van der Waals surface area contributed by atoms with E-state index in [1.54, 1.807) is 7.11 Å². The maximum Gasteiger partial charge on any atom is 0.136 e. The molecule has 0 spiro atoms. The van der Waals surface area contributed by atoms with E-state index in [1.165, 1.54) is 0 Å². The molecule has 0 unspecified atom stereocenters. The molecule has 0 bridgehead atoms. The molecule has 1 saturated heterocycles. The predicted octanol–water partition coefficient (Wildman–Crippen LogP) is 1.36. The van der Waals surface area contributed by atoms with Crippen molar-refractivity contribution in [2.24, 2.45) is 0 Å². The number of ether oxygens (including phenoxy) is 1. The van der Waals surface area contributed by atoms with Crippen molar-refractivity contribution < 1.29 is 9.84 Å². The predicted molar refractivity (Wildman–Crippen MR) is 84.0 cm³/mol. The first kappa shape index (κ1) is 14.1. The lowest BCUT2D eigenvalue weighted by Gasteiger charge is -2.35. The molecular formula is C16H21N3O2. The second kappa shape index (κ2) is 6.28. The van der Waals surface area contributed by atoms with Gasteiger partial charge in [0.25, 0.3) is 0 Å². The van der Waals surface area contributed by atoms with Crippen LogP contribution in [0.3, 0.4) is 0 Å². The molecule has 1 aromatic heterocycles. The molecule has 21 heavy (non-hydrogen) atoms. The third kappa shape index (κ3) is 2.94. The third-order valence-electron chi connectivity index (χ3n) is 4.04. The number of nitrogens with zero attached hydrogens (tertiary/aromatic N) is 3. The number of methoxy groups -OCH3 is 1. The molecule has 112 valence electrons. The van der Waals surface area contributed by atoms with Crippen LogP contribution in [0.2, 0.25) is 0 Å². The van der Waals surface area contributed by atoms with Crippen molar-refractivity contribution in [1.82, 2.24) is 9.88 Å². The molecule has 3 rings (SSSR count). The number of anilines is 1. The average Bonchev–Trinajstić information content (AvgIpc) is 2.55. The lowest BCUT2D eigenvalue weighted by atomic mass is 10.1. The molecule has 1 aliphatic rings. The van der Waals surface area contributed by atoms with E-state index in [0.717, 1.165) is 55.1 Å². The van der Waals surface area contributed by atoms with Crippen molar-refractivity contribution in [3.63, 3.8) is 0 Å². The fourth-order valence-electron chi connectivity index (χ4n) is 2.84. The van der Waals surface area contributed by atoms with Gasteiger partial charge in [0.1, 0.15) is 11.6 Å². The van der Waals surface area contributed by atoms with Gasteiger partial charge in [0.05, 0.1) is 13.7 Å². The molecule has 0 radical (unpaired) electrons. The Bertz CT molecular complexity index is 609. The molecule has 0 atom stereocenters. The summed E-state index contributed by atoms with van der Waals surface area (Å²) < 4.78 is 5.28. The maximum atomic E-state index is 9.01. The highest BCUT2D eigenvalue weighted by Crippen LogP contribution is 2.28. The minimum atomic E-state index is 0.228. The van der Waals surface area contributed by atoms with Crippen LogP contribution in [0.4, 0.5) is 5.82 Å². The van der Waals surface area contributed by atoms with Gasteiger partial charge in [-0.25, -0.2) is 4.98 Å². The number of hydrogen-bond acceptors (Lipinski definition) is 5. The number of β-amino-alcohol motifs (C(OH)–C–C–N with tert-alkyl or cyclic N) is 1. The van der Waals surface area contributed by atoms with Gasteiger partial charge in [-0.3, -0.25) is 4.90 Å². The molecule has 5 nitrogen and oxygen atoms in total. The molecule has 0 amide bonds. The highest BCUT2D eigenvalue weighted by molar-refractivity contribution is 5.93. The van der Waals surface area contributed by atoms with Crippen LogP contribution in [0.15, 0.2) is 30.5 Å². The van der Waals surface area contributed by atoms with Gasteiger partial charge >= 0.3 is 0 Å². The lowest BCUT2D eigenvalue weighted by Crippen LogP contribution is -2.47. The van der Waals surface area contributed by atoms with Crippen LogP contribution in [0, 0.1) is 0 Å². The maximum absolute atomic E-state index is 9.01. The van der Waals surface area contributed by atoms with Gasteiger partial charge in [-0.15, -0.1) is 0 Å². The van der Waals surface area contributed by atoms with Crippen molar-refractivity contribution in [3.8, 4) is 5.75 Å². The van der Waals surface area contributed by atoms with Crippen molar-refractivity contribution in [2.45, 2.75) is 0 Å². The number of aliphatic hydroxyl groups excluding tert-OH is 1. The van der Waals surface area contributed by atoms with Crippen molar-refractivity contribution in [2.75, 3.05) is 51.3 Å². The van der Waals surface area contributed by atoms with E-state index in [0.29, 0.717) is 0 Å². The van der Waals surface area contributed by atoms with Gasteiger partial charge in [-0.2, -0.15) is 0 Å². The second-order valence-electron chi connectivity index (χ2n) is 5.27.